The van der Waals surface area contributed by atoms with Crippen LogP contribution in [-0.4, -0.2) is 26.6 Å². The minimum atomic E-state index is -3.70. The Morgan fingerprint density at radius 1 is 0.900 bits per heavy atom. The van der Waals surface area contributed by atoms with Gasteiger partial charge in [0.15, 0.2) is 0 Å². The Morgan fingerprint density at radius 2 is 1.47 bits per heavy atom. The van der Waals surface area contributed by atoms with Gasteiger partial charge in [0, 0.05) is 5.69 Å². The number of benzene rings is 3. The minimum Gasteiger partial charge on any atom is -0.457 e. The number of carbonyl (C=O) groups is 1. The number of anilines is 2. The molecule has 0 heterocycles. The Kier molecular flexibility index (Phi) is 6.42. The highest BCUT2D eigenvalue weighted by Crippen LogP contribution is 2.27. The molecule has 156 valence electrons. The van der Waals surface area contributed by atoms with Crippen molar-refractivity contribution < 1.29 is 17.9 Å². The summed E-state index contributed by atoms with van der Waals surface area (Å²) in [4.78, 5) is 12.7. The van der Waals surface area contributed by atoms with Gasteiger partial charge in [-0.15, -0.1) is 0 Å². The molecule has 0 bridgehead atoms. The monoisotopic (exact) mass is 424 g/mol. The van der Waals surface area contributed by atoms with Crippen molar-refractivity contribution in [1.29, 1.82) is 0 Å². The van der Waals surface area contributed by atoms with E-state index in [1.54, 1.807) is 43.3 Å². The standard InChI is InChI=1S/C23H24N2O4S/c1-17-9-11-19(12-10-17)24-23(26)18(2)25(30(3,27)28)20-13-15-22(16-14-20)29-21-7-5-4-6-8-21/h4-16,18H,1-3H3,(H,24,26)/t18-/m0/s1. The Morgan fingerprint density at radius 3 is 2.03 bits per heavy atom. The van der Waals surface area contributed by atoms with Crippen LogP contribution < -0.4 is 14.4 Å². The van der Waals surface area contributed by atoms with E-state index in [1.165, 1.54) is 0 Å². The molecule has 0 radical (unpaired) electrons. The second-order valence-corrected chi connectivity index (χ2v) is 8.86. The van der Waals surface area contributed by atoms with Gasteiger partial charge in [0.1, 0.15) is 17.5 Å². The van der Waals surface area contributed by atoms with Crippen LogP contribution in [0.2, 0.25) is 0 Å². The van der Waals surface area contributed by atoms with Gasteiger partial charge >= 0.3 is 0 Å². The summed E-state index contributed by atoms with van der Waals surface area (Å²) in [7, 11) is -3.70. The summed E-state index contributed by atoms with van der Waals surface area (Å²) in [5, 5.41) is 2.77. The molecule has 0 aromatic heterocycles. The highest BCUT2D eigenvalue weighted by molar-refractivity contribution is 7.92. The molecule has 7 heteroatoms. The summed E-state index contributed by atoms with van der Waals surface area (Å²) < 4.78 is 31.8. The normalized spacial score (nSPS) is 12.1. The van der Waals surface area contributed by atoms with Gasteiger partial charge in [-0.2, -0.15) is 0 Å². The molecule has 1 amide bonds. The van der Waals surface area contributed by atoms with E-state index < -0.39 is 22.0 Å². The van der Waals surface area contributed by atoms with Crippen LogP contribution in [0.1, 0.15) is 12.5 Å². The Hall–Kier alpha value is -3.32. The average molecular weight is 425 g/mol. The first-order chi connectivity index (χ1) is 14.2. The number of hydrogen-bond acceptors (Lipinski definition) is 4. The molecule has 0 spiro atoms. The molecule has 0 saturated heterocycles. The van der Waals surface area contributed by atoms with Gasteiger partial charge in [0.05, 0.1) is 11.9 Å². The number of sulfonamides is 1. The van der Waals surface area contributed by atoms with Crippen LogP contribution in [0.3, 0.4) is 0 Å². The summed E-state index contributed by atoms with van der Waals surface area (Å²) in [6.45, 7) is 3.50. The third-order valence-corrected chi connectivity index (χ3v) is 5.72. The molecule has 3 aromatic rings. The van der Waals surface area contributed by atoms with Gasteiger partial charge in [0.25, 0.3) is 0 Å². The highest BCUT2D eigenvalue weighted by Gasteiger charge is 2.29. The Labute approximate surface area is 177 Å². The predicted octanol–water partition coefficient (Wildman–Crippen LogP) is 4.58. The number of para-hydroxylation sites is 1. The summed E-state index contributed by atoms with van der Waals surface area (Å²) >= 11 is 0. The van der Waals surface area contributed by atoms with Gasteiger partial charge in [-0.3, -0.25) is 9.10 Å². The predicted molar refractivity (Wildman–Crippen MR) is 120 cm³/mol. The number of aryl methyl sites for hydroxylation is 1. The smallest absolute Gasteiger partial charge is 0.247 e. The van der Waals surface area contributed by atoms with Crippen molar-refractivity contribution in [2.45, 2.75) is 19.9 Å². The molecule has 0 aliphatic carbocycles. The van der Waals surface area contributed by atoms with Crippen LogP contribution in [0.15, 0.2) is 78.9 Å². The summed E-state index contributed by atoms with van der Waals surface area (Å²) in [6, 6.07) is 22.2. The number of rotatable bonds is 7. The van der Waals surface area contributed by atoms with Crippen LogP contribution in [0.5, 0.6) is 11.5 Å². The SMILES string of the molecule is Cc1ccc(NC(=O)[C@H](C)N(c2ccc(Oc3ccccc3)cc2)S(C)(=O)=O)cc1. The third-order valence-electron chi connectivity index (χ3n) is 4.48. The van der Waals surface area contributed by atoms with Gasteiger partial charge in [0.2, 0.25) is 15.9 Å². The van der Waals surface area contributed by atoms with E-state index in [1.807, 2.05) is 49.4 Å². The molecule has 3 aromatic carbocycles. The maximum Gasteiger partial charge on any atom is 0.247 e. The Balaban J connectivity index is 1.79. The first-order valence-corrected chi connectivity index (χ1v) is 11.3. The van der Waals surface area contributed by atoms with Crippen molar-refractivity contribution in [3.05, 3.63) is 84.4 Å². The molecular formula is C23H24N2O4S. The molecule has 0 unspecified atom stereocenters. The topological polar surface area (TPSA) is 75.7 Å². The van der Waals surface area contributed by atoms with Crippen molar-refractivity contribution in [2.75, 3.05) is 15.9 Å². The van der Waals surface area contributed by atoms with Crippen LogP contribution in [0.25, 0.3) is 0 Å². The van der Waals surface area contributed by atoms with Crippen molar-refractivity contribution >= 4 is 27.3 Å². The maximum atomic E-state index is 12.7. The third kappa shape index (κ3) is 5.39. The summed E-state index contributed by atoms with van der Waals surface area (Å²) in [6.07, 6.45) is 1.08. The molecule has 0 aliphatic heterocycles. The van der Waals surface area contributed by atoms with E-state index >= 15 is 0 Å². The molecule has 6 nitrogen and oxygen atoms in total. The molecule has 3 rings (SSSR count). The fourth-order valence-electron chi connectivity index (χ4n) is 2.98. The fourth-order valence-corrected chi connectivity index (χ4v) is 4.15. The lowest BCUT2D eigenvalue weighted by Gasteiger charge is -2.28. The molecule has 0 saturated carbocycles. The van der Waals surface area contributed by atoms with Gasteiger partial charge in [-0.25, -0.2) is 8.42 Å². The van der Waals surface area contributed by atoms with E-state index in [0.29, 0.717) is 22.9 Å². The van der Waals surface area contributed by atoms with Gasteiger partial charge < -0.3 is 10.1 Å². The molecule has 1 atom stereocenters. The van der Waals surface area contributed by atoms with Crippen molar-refractivity contribution in [1.82, 2.24) is 0 Å². The first kappa shape index (κ1) is 21.4. The lowest BCUT2D eigenvalue weighted by Crippen LogP contribution is -2.45. The second-order valence-electron chi connectivity index (χ2n) is 7.00. The zero-order chi connectivity index (χ0) is 21.7. The van der Waals surface area contributed by atoms with Crippen molar-refractivity contribution in [3.8, 4) is 11.5 Å². The molecule has 30 heavy (non-hydrogen) atoms. The molecular weight excluding hydrogens is 400 g/mol. The lowest BCUT2D eigenvalue weighted by atomic mass is 10.2. The average Bonchev–Trinajstić information content (AvgIpc) is 2.71. The van der Waals surface area contributed by atoms with E-state index in [0.717, 1.165) is 16.1 Å². The van der Waals surface area contributed by atoms with Gasteiger partial charge in [-0.05, 0) is 62.4 Å². The number of ether oxygens (including phenoxy) is 1. The molecule has 0 aliphatic rings. The Bertz CT molecular complexity index is 1100. The van der Waals surface area contributed by atoms with Crippen molar-refractivity contribution in [3.63, 3.8) is 0 Å². The quantitative estimate of drug-likeness (QED) is 0.602. The van der Waals surface area contributed by atoms with E-state index in [2.05, 4.69) is 5.32 Å². The maximum absolute atomic E-state index is 12.7. The van der Waals surface area contributed by atoms with E-state index in [-0.39, 0.29) is 0 Å². The second kappa shape index (κ2) is 9.00. The summed E-state index contributed by atoms with van der Waals surface area (Å²) in [5.41, 5.74) is 2.05. The summed E-state index contributed by atoms with van der Waals surface area (Å²) in [5.74, 6) is 0.820. The number of nitrogens with one attached hydrogen (secondary N) is 1. The lowest BCUT2D eigenvalue weighted by molar-refractivity contribution is -0.116. The number of nitrogens with zero attached hydrogens (tertiary/aromatic N) is 1. The van der Waals surface area contributed by atoms with Crippen LogP contribution in [-0.2, 0) is 14.8 Å². The van der Waals surface area contributed by atoms with Crippen LogP contribution >= 0.6 is 0 Å². The molecule has 0 fully saturated rings. The number of carbonyl (C=O) groups excluding carboxylic acids is 1. The first-order valence-electron chi connectivity index (χ1n) is 9.44. The fraction of sp³-hybridized carbons (Fsp3) is 0.174. The highest BCUT2D eigenvalue weighted by atomic mass is 32.2. The zero-order valence-corrected chi connectivity index (χ0v) is 17.9. The number of amides is 1. The molecule has 1 N–H and O–H groups in total. The number of hydrogen-bond donors (Lipinski definition) is 1. The largest absolute Gasteiger partial charge is 0.457 e. The minimum absolute atomic E-state index is 0.379. The van der Waals surface area contributed by atoms with Gasteiger partial charge in [-0.1, -0.05) is 35.9 Å². The van der Waals surface area contributed by atoms with Crippen LogP contribution in [0, 0.1) is 6.92 Å². The van der Waals surface area contributed by atoms with E-state index in [4.69, 9.17) is 4.74 Å². The zero-order valence-electron chi connectivity index (χ0n) is 17.1. The van der Waals surface area contributed by atoms with E-state index in [9.17, 15) is 13.2 Å². The van der Waals surface area contributed by atoms with Crippen LogP contribution in [0.4, 0.5) is 11.4 Å². The van der Waals surface area contributed by atoms with Crippen molar-refractivity contribution in [2.24, 2.45) is 0 Å².